The second-order valence-corrected chi connectivity index (χ2v) is 6.27. The molecule has 3 rings (SSSR count). The first-order valence-electron chi connectivity index (χ1n) is 8.09. The molecule has 0 bridgehead atoms. The second-order valence-electron chi connectivity index (χ2n) is 6.27. The van der Waals surface area contributed by atoms with Crippen LogP contribution in [0.3, 0.4) is 0 Å². The third-order valence-corrected chi connectivity index (χ3v) is 4.29. The zero-order chi connectivity index (χ0) is 17.3. The van der Waals surface area contributed by atoms with Crippen molar-refractivity contribution in [3.63, 3.8) is 0 Å². The van der Waals surface area contributed by atoms with Gasteiger partial charge in [0.25, 0.3) is 0 Å². The maximum Gasteiger partial charge on any atom is 0.228 e. The van der Waals surface area contributed by atoms with Crippen molar-refractivity contribution >= 4 is 17.5 Å². The maximum atomic E-state index is 12.6. The molecular weight excluding hydrogens is 308 g/mol. The highest BCUT2D eigenvalue weighted by Gasteiger charge is 2.31. The molecule has 1 aliphatic heterocycles. The monoisotopic (exact) mass is 330 g/mol. The molecule has 0 saturated carbocycles. The summed E-state index contributed by atoms with van der Waals surface area (Å²) in [6.45, 7) is 2.01. The number of aryl methyl sites for hydroxylation is 2. The Morgan fingerprint density at radius 1 is 1.38 bits per heavy atom. The fraction of sp³-hybridized carbons (Fsp3) is 0.500. The van der Waals surface area contributed by atoms with E-state index >= 15 is 0 Å². The summed E-state index contributed by atoms with van der Waals surface area (Å²) < 4.78 is 3.34. The molecule has 2 N–H and O–H groups in total. The molecule has 2 amide bonds. The Kier molecular flexibility index (Phi) is 4.37. The van der Waals surface area contributed by atoms with Crippen LogP contribution in [0.15, 0.2) is 18.6 Å². The summed E-state index contributed by atoms with van der Waals surface area (Å²) in [6.07, 6.45) is 7.03. The number of carbonyl (C=O) groups is 2. The fourth-order valence-electron chi connectivity index (χ4n) is 3.04. The van der Waals surface area contributed by atoms with E-state index in [-0.39, 0.29) is 30.2 Å². The van der Waals surface area contributed by atoms with Gasteiger partial charge in [-0.15, -0.1) is 0 Å². The Bertz CT molecular complexity index is 762. The molecule has 2 aromatic rings. The van der Waals surface area contributed by atoms with E-state index in [0.717, 1.165) is 12.0 Å². The number of nitrogens with one attached hydrogen (secondary N) is 2. The number of anilines is 1. The topological polar surface area (TPSA) is 93.8 Å². The third kappa shape index (κ3) is 3.32. The molecule has 1 saturated heterocycles. The second kappa shape index (κ2) is 6.46. The van der Waals surface area contributed by atoms with Gasteiger partial charge in [0.1, 0.15) is 5.69 Å². The molecule has 2 aromatic heterocycles. The molecule has 8 nitrogen and oxygen atoms in total. The van der Waals surface area contributed by atoms with Gasteiger partial charge in [-0.3, -0.25) is 19.0 Å². The van der Waals surface area contributed by atoms with Gasteiger partial charge in [0.05, 0.1) is 11.9 Å². The van der Waals surface area contributed by atoms with Gasteiger partial charge in [0.2, 0.25) is 11.8 Å². The van der Waals surface area contributed by atoms with Crippen LogP contribution in [0.1, 0.15) is 26.2 Å². The molecule has 0 aliphatic carbocycles. The summed E-state index contributed by atoms with van der Waals surface area (Å²) in [4.78, 5) is 24.4. The fourth-order valence-corrected chi connectivity index (χ4v) is 3.04. The lowest BCUT2D eigenvalue weighted by atomic mass is 9.90. The molecule has 1 aliphatic rings. The largest absolute Gasteiger partial charge is 0.353 e. The molecule has 128 valence electrons. The predicted octanol–water partition coefficient (Wildman–Crippen LogP) is 1.06. The number of carbonyl (C=O) groups excluding carboxylic acids is 2. The Balaban J connectivity index is 1.78. The average molecular weight is 330 g/mol. The van der Waals surface area contributed by atoms with Crippen molar-refractivity contribution in [1.29, 1.82) is 0 Å². The number of amides is 2. The quantitative estimate of drug-likeness (QED) is 0.876. The van der Waals surface area contributed by atoms with Gasteiger partial charge in [0.15, 0.2) is 0 Å². The first-order valence-corrected chi connectivity index (χ1v) is 8.09. The molecule has 3 heterocycles. The smallest absolute Gasteiger partial charge is 0.228 e. The number of nitrogens with zero attached hydrogens (tertiary/aromatic N) is 4. The molecule has 0 spiro atoms. The van der Waals surface area contributed by atoms with Crippen LogP contribution in [0.5, 0.6) is 0 Å². The lowest BCUT2D eigenvalue weighted by Crippen LogP contribution is -2.45. The van der Waals surface area contributed by atoms with Crippen LogP contribution in [0.4, 0.5) is 5.69 Å². The first-order chi connectivity index (χ1) is 11.5. The van der Waals surface area contributed by atoms with Gasteiger partial charge in [-0.25, -0.2) is 0 Å². The van der Waals surface area contributed by atoms with Crippen LogP contribution in [0.2, 0.25) is 0 Å². The molecule has 1 fully saturated rings. The van der Waals surface area contributed by atoms with Crippen LogP contribution < -0.4 is 10.6 Å². The predicted molar refractivity (Wildman–Crippen MR) is 89.0 cm³/mol. The highest BCUT2D eigenvalue weighted by atomic mass is 16.2. The van der Waals surface area contributed by atoms with Crippen LogP contribution >= 0.6 is 0 Å². The molecule has 0 unspecified atom stereocenters. The lowest BCUT2D eigenvalue weighted by Gasteiger charge is -2.28. The number of hydrogen-bond donors (Lipinski definition) is 2. The van der Waals surface area contributed by atoms with Crippen LogP contribution in [0, 0.1) is 5.92 Å². The SMILES string of the molecule is CC[C@@H]1C[C@H](C(=O)Nc2cn(C)nc2-c2cnn(C)c2)CC(=O)N1. The number of rotatable bonds is 4. The Hall–Kier alpha value is -2.64. The van der Waals surface area contributed by atoms with E-state index in [9.17, 15) is 9.59 Å². The van der Waals surface area contributed by atoms with E-state index in [1.165, 1.54) is 0 Å². The van der Waals surface area contributed by atoms with Crippen LogP contribution in [0.25, 0.3) is 11.3 Å². The van der Waals surface area contributed by atoms with Crippen molar-refractivity contribution in [2.75, 3.05) is 5.32 Å². The lowest BCUT2D eigenvalue weighted by molar-refractivity contribution is -0.130. The highest BCUT2D eigenvalue weighted by molar-refractivity contribution is 5.98. The minimum atomic E-state index is -0.314. The minimum absolute atomic E-state index is 0.0630. The van der Waals surface area contributed by atoms with Gasteiger partial charge in [-0.2, -0.15) is 10.2 Å². The summed E-state index contributed by atoms with van der Waals surface area (Å²) in [5, 5.41) is 14.4. The van der Waals surface area contributed by atoms with E-state index in [2.05, 4.69) is 20.8 Å². The Morgan fingerprint density at radius 2 is 2.17 bits per heavy atom. The van der Waals surface area contributed by atoms with Crippen molar-refractivity contribution in [3.8, 4) is 11.3 Å². The molecule has 0 aromatic carbocycles. The van der Waals surface area contributed by atoms with E-state index in [1.807, 2.05) is 20.2 Å². The maximum absolute atomic E-state index is 12.6. The van der Waals surface area contributed by atoms with E-state index in [0.29, 0.717) is 17.8 Å². The summed E-state index contributed by atoms with van der Waals surface area (Å²) in [6, 6.07) is 0.0636. The molecule has 24 heavy (non-hydrogen) atoms. The zero-order valence-electron chi connectivity index (χ0n) is 14.1. The van der Waals surface area contributed by atoms with Crippen molar-refractivity contribution in [2.45, 2.75) is 32.2 Å². The first kappa shape index (κ1) is 16.2. The number of piperidine rings is 1. The minimum Gasteiger partial charge on any atom is -0.353 e. The molecule has 2 atom stereocenters. The zero-order valence-corrected chi connectivity index (χ0v) is 14.1. The van der Waals surface area contributed by atoms with Crippen LogP contribution in [-0.4, -0.2) is 37.4 Å². The number of hydrogen-bond acceptors (Lipinski definition) is 4. The van der Waals surface area contributed by atoms with Crippen molar-refractivity contribution < 1.29 is 9.59 Å². The van der Waals surface area contributed by atoms with Gasteiger partial charge in [-0.05, 0) is 12.8 Å². The number of aromatic nitrogens is 4. The van der Waals surface area contributed by atoms with Crippen molar-refractivity contribution in [1.82, 2.24) is 24.9 Å². The van der Waals surface area contributed by atoms with Crippen molar-refractivity contribution in [2.24, 2.45) is 20.0 Å². The summed E-state index contributed by atoms with van der Waals surface area (Å²) in [5.74, 6) is -0.515. The van der Waals surface area contributed by atoms with Gasteiger partial charge in [-0.1, -0.05) is 6.92 Å². The van der Waals surface area contributed by atoms with Gasteiger partial charge >= 0.3 is 0 Å². The third-order valence-electron chi connectivity index (χ3n) is 4.29. The van der Waals surface area contributed by atoms with Gasteiger partial charge in [0, 0.05) is 50.4 Å². The normalized spacial score (nSPS) is 20.7. The standard InChI is InChI=1S/C16H22N6O2/c1-4-12-5-10(6-14(23)18-12)16(24)19-13-9-22(3)20-15(13)11-7-17-21(2)8-11/h7-10,12H,4-6H2,1-3H3,(H,18,23)(H,19,24)/t10-,12+/m0/s1. The van der Waals surface area contributed by atoms with E-state index in [1.54, 1.807) is 28.8 Å². The average Bonchev–Trinajstić information content (AvgIpc) is 3.12. The Morgan fingerprint density at radius 3 is 2.83 bits per heavy atom. The highest BCUT2D eigenvalue weighted by Crippen LogP contribution is 2.27. The van der Waals surface area contributed by atoms with E-state index in [4.69, 9.17) is 0 Å². The van der Waals surface area contributed by atoms with E-state index < -0.39 is 0 Å². The molecule has 0 radical (unpaired) electrons. The van der Waals surface area contributed by atoms with Gasteiger partial charge < -0.3 is 10.6 Å². The Labute approximate surface area is 140 Å². The molecular formula is C16H22N6O2. The van der Waals surface area contributed by atoms with Crippen LogP contribution in [-0.2, 0) is 23.7 Å². The summed E-state index contributed by atoms with van der Waals surface area (Å²) >= 11 is 0. The summed E-state index contributed by atoms with van der Waals surface area (Å²) in [7, 11) is 3.63. The van der Waals surface area contributed by atoms with Crippen molar-refractivity contribution in [3.05, 3.63) is 18.6 Å². The summed E-state index contributed by atoms with van der Waals surface area (Å²) in [5.41, 5.74) is 2.14. The molecule has 8 heteroatoms.